The lowest BCUT2D eigenvalue weighted by Crippen LogP contribution is -1.97. The Labute approximate surface area is 135 Å². The molecule has 2 aromatic carbocycles. The van der Waals surface area contributed by atoms with E-state index in [1.54, 1.807) is 6.07 Å². The molecule has 0 saturated heterocycles. The summed E-state index contributed by atoms with van der Waals surface area (Å²) in [5.74, 6) is 0. The summed E-state index contributed by atoms with van der Waals surface area (Å²) in [6.45, 7) is 1.92. The van der Waals surface area contributed by atoms with Gasteiger partial charge < -0.3 is 0 Å². The van der Waals surface area contributed by atoms with Crippen LogP contribution < -0.4 is 0 Å². The van der Waals surface area contributed by atoms with Crippen LogP contribution in [-0.4, -0.2) is 11.3 Å². The first-order chi connectivity index (χ1) is 10.1. The van der Waals surface area contributed by atoms with Crippen molar-refractivity contribution in [3.63, 3.8) is 0 Å². The highest BCUT2D eigenvalue weighted by Gasteiger charge is 2.14. The first-order valence-corrected chi connectivity index (χ1v) is 7.59. The molecule has 4 heteroatoms. The number of fused-ring (bicyclic) bond motifs is 1. The van der Waals surface area contributed by atoms with E-state index in [0.29, 0.717) is 10.6 Å². The third-order valence-electron chi connectivity index (χ3n) is 3.49. The van der Waals surface area contributed by atoms with E-state index in [4.69, 9.17) is 16.6 Å². The van der Waals surface area contributed by atoms with Crippen LogP contribution in [0.1, 0.15) is 15.9 Å². The van der Waals surface area contributed by atoms with Crippen molar-refractivity contribution < 1.29 is 4.79 Å². The topological polar surface area (TPSA) is 30.0 Å². The summed E-state index contributed by atoms with van der Waals surface area (Å²) in [5, 5.41) is 1.38. The minimum atomic E-state index is 0.578. The quantitative estimate of drug-likeness (QED) is 0.570. The summed E-state index contributed by atoms with van der Waals surface area (Å²) in [7, 11) is 0. The van der Waals surface area contributed by atoms with Gasteiger partial charge in [-0.3, -0.25) is 4.79 Å². The second-order valence-corrected chi connectivity index (χ2v) is 6.03. The summed E-state index contributed by atoms with van der Waals surface area (Å²) in [6, 6.07) is 13.4. The summed E-state index contributed by atoms with van der Waals surface area (Å²) in [5.41, 5.74) is 4.03. The van der Waals surface area contributed by atoms with Gasteiger partial charge in [-0.05, 0) is 40.5 Å². The van der Waals surface area contributed by atoms with E-state index >= 15 is 0 Å². The number of aromatic nitrogens is 1. The maximum absolute atomic E-state index is 11.5. The molecule has 0 atom stereocenters. The van der Waals surface area contributed by atoms with E-state index in [-0.39, 0.29) is 0 Å². The fourth-order valence-corrected chi connectivity index (χ4v) is 2.91. The van der Waals surface area contributed by atoms with Crippen LogP contribution in [-0.2, 0) is 0 Å². The van der Waals surface area contributed by atoms with Crippen LogP contribution >= 0.6 is 27.5 Å². The highest BCUT2D eigenvalue weighted by Crippen LogP contribution is 2.33. The first-order valence-electron chi connectivity index (χ1n) is 6.41. The van der Waals surface area contributed by atoms with E-state index in [1.807, 2.05) is 43.3 Å². The molecular formula is C17H11BrClNO. The van der Waals surface area contributed by atoms with Gasteiger partial charge in [0, 0.05) is 21.0 Å². The molecule has 1 heterocycles. The largest absolute Gasteiger partial charge is 0.298 e. The summed E-state index contributed by atoms with van der Waals surface area (Å²) >= 11 is 9.54. The number of nitrogens with zero attached hydrogens (tertiary/aromatic N) is 1. The monoisotopic (exact) mass is 359 g/mol. The van der Waals surface area contributed by atoms with Crippen molar-refractivity contribution in [3.05, 3.63) is 63.1 Å². The number of pyridine rings is 1. The summed E-state index contributed by atoms with van der Waals surface area (Å²) < 4.78 is 0.758. The van der Waals surface area contributed by atoms with Gasteiger partial charge in [0.2, 0.25) is 0 Å². The van der Waals surface area contributed by atoms with Gasteiger partial charge in [0.05, 0.1) is 16.2 Å². The molecule has 0 saturated carbocycles. The van der Waals surface area contributed by atoms with Crippen LogP contribution in [0.25, 0.3) is 22.2 Å². The lowest BCUT2D eigenvalue weighted by Gasteiger charge is -2.12. The zero-order valence-electron chi connectivity index (χ0n) is 11.2. The van der Waals surface area contributed by atoms with E-state index in [2.05, 4.69) is 15.9 Å². The van der Waals surface area contributed by atoms with E-state index in [0.717, 1.165) is 38.5 Å². The molecule has 2 nitrogen and oxygen atoms in total. The average Bonchev–Trinajstić information content (AvgIpc) is 2.50. The summed E-state index contributed by atoms with van der Waals surface area (Å²) in [4.78, 5) is 16.2. The Morgan fingerprint density at radius 3 is 2.57 bits per heavy atom. The number of rotatable bonds is 2. The molecule has 0 aliphatic rings. The van der Waals surface area contributed by atoms with Gasteiger partial charge in [0.25, 0.3) is 0 Å². The van der Waals surface area contributed by atoms with Crippen LogP contribution in [0.15, 0.2) is 46.9 Å². The van der Waals surface area contributed by atoms with Crippen molar-refractivity contribution >= 4 is 44.7 Å². The molecule has 0 bridgehead atoms. The standard InChI is InChI=1S/C17H11BrClNO/c1-10-13(9-21)12-7-14(18)15(19)8-16(12)20-17(10)11-5-3-2-4-6-11/h2-9H,1H3. The molecule has 0 unspecified atom stereocenters. The normalized spacial score (nSPS) is 10.8. The molecule has 0 radical (unpaired) electrons. The number of hydrogen-bond donors (Lipinski definition) is 0. The van der Waals surface area contributed by atoms with Gasteiger partial charge >= 0.3 is 0 Å². The fourth-order valence-electron chi connectivity index (χ4n) is 2.41. The average molecular weight is 361 g/mol. The highest BCUT2D eigenvalue weighted by atomic mass is 79.9. The molecule has 3 aromatic rings. The van der Waals surface area contributed by atoms with Gasteiger partial charge in [-0.1, -0.05) is 41.9 Å². The Balaban J connectivity index is 2.40. The van der Waals surface area contributed by atoms with E-state index in [1.165, 1.54) is 0 Å². The number of carbonyl (C=O) groups is 1. The number of aldehydes is 1. The molecule has 0 aliphatic carbocycles. The predicted octanol–water partition coefficient (Wildman–Crippen LogP) is 5.44. The van der Waals surface area contributed by atoms with Gasteiger partial charge in [0.15, 0.2) is 6.29 Å². The lowest BCUT2D eigenvalue weighted by atomic mass is 9.98. The van der Waals surface area contributed by atoms with Gasteiger partial charge in [0.1, 0.15) is 0 Å². The minimum absolute atomic E-state index is 0.578. The second-order valence-electron chi connectivity index (χ2n) is 4.77. The smallest absolute Gasteiger partial charge is 0.151 e. The van der Waals surface area contributed by atoms with Crippen LogP contribution in [0.3, 0.4) is 0 Å². The Morgan fingerprint density at radius 2 is 1.90 bits per heavy atom. The zero-order valence-corrected chi connectivity index (χ0v) is 13.6. The lowest BCUT2D eigenvalue weighted by molar-refractivity contribution is 0.112. The van der Waals surface area contributed by atoms with Gasteiger partial charge in [-0.15, -0.1) is 0 Å². The van der Waals surface area contributed by atoms with E-state index in [9.17, 15) is 4.79 Å². The van der Waals surface area contributed by atoms with Crippen molar-refractivity contribution in [3.8, 4) is 11.3 Å². The maximum Gasteiger partial charge on any atom is 0.151 e. The summed E-state index contributed by atoms with van der Waals surface area (Å²) in [6.07, 6.45) is 0.881. The molecule has 0 aliphatic heterocycles. The second kappa shape index (κ2) is 5.58. The Kier molecular flexibility index (Phi) is 3.79. The van der Waals surface area contributed by atoms with E-state index < -0.39 is 0 Å². The Hall–Kier alpha value is -1.71. The van der Waals surface area contributed by atoms with Crippen LogP contribution in [0, 0.1) is 6.92 Å². The SMILES string of the molecule is Cc1c(-c2ccccc2)nc2cc(Cl)c(Br)cc2c1C=O. The number of hydrogen-bond acceptors (Lipinski definition) is 2. The maximum atomic E-state index is 11.5. The Morgan fingerprint density at radius 1 is 1.19 bits per heavy atom. The Bertz CT molecular complexity index is 847. The van der Waals surface area contributed by atoms with Crippen molar-refractivity contribution in [2.45, 2.75) is 6.92 Å². The molecular weight excluding hydrogens is 350 g/mol. The predicted molar refractivity (Wildman–Crippen MR) is 90.0 cm³/mol. The van der Waals surface area contributed by atoms with Crippen molar-refractivity contribution in [1.29, 1.82) is 0 Å². The van der Waals surface area contributed by atoms with Crippen LogP contribution in [0.4, 0.5) is 0 Å². The minimum Gasteiger partial charge on any atom is -0.298 e. The number of benzene rings is 2. The number of halogens is 2. The molecule has 1 aromatic heterocycles. The van der Waals surface area contributed by atoms with Crippen molar-refractivity contribution in [2.75, 3.05) is 0 Å². The third-order valence-corrected chi connectivity index (χ3v) is 4.68. The van der Waals surface area contributed by atoms with Crippen LogP contribution in [0.2, 0.25) is 5.02 Å². The molecule has 0 N–H and O–H groups in total. The zero-order chi connectivity index (χ0) is 15.0. The molecule has 0 spiro atoms. The van der Waals surface area contributed by atoms with Gasteiger partial charge in [-0.25, -0.2) is 4.98 Å². The molecule has 104 valence electrons. The molecule has 21 heavy (non-hydrogen) atoms. The van der Waals surface area contributed by atoms with Crippen molar-refractivity contribution in [2.24, 2.45) is 0 Å². The molecule has 3 rings (SSSR count). The number of carbonyl (C=O) groups excluding carboxylic acids is 1. The highest BCUT2D eigenvalue weighted by molar-refractivity contribution is 9.10. The first kappa shape index (κ1) is 14.2. The third kappa shape index (κ3) is 2.47. The van der Waals surface area contributed by atoms with Crippen molar-refractivity contribution in [1.82, 2.24) is 4.98 Å². The van der Waals surface area contributed by atoms with Gasteiger partial charge in [-0.2, -0.15) is 0 Å². The molecule has 0 amide bonds. The van der Waals surface area contributed by atoms with Crippen LogP contribution in [0.5, 0.6) is 0 Å². The fraction of sp³-hybridized carbons (Fsp3) is 0.0588. The molecule has 0 fully saturated rings.